The Bertz CT molecular complexity index is 109. The Morgan fingerprint density at radius 2 is 1.09 bits per heavy atom. The molecule has 0 aromatic rings. The average molecular weight is 224 g/mol. The molecule has 0 fully saturated rings. The molecule has 0 aliphatic rings. The van der Waals surface area contributed by atoms with E-state index in [1.165, 1.54) is 0 Å². The number of nitrogens with one attached hydrogen (secondary N) is 2. The van der Waals surface area contributed by atoms with Crippen LogP contribution in [0.2, 0.25) is 0 Å². The third-order valence-electron chi connectivity index (χ3n) is 0.247. The van der Waals surface area contributed by atoms with Gasteiger partial charge in [0.15, 0.2) is 0 Å². The Hall–Kier alpha value is 1.20. The number of carbonyl (C=O) groups is 2. The summed E-state index contributed by atoms with van der Waals surface area (Å²) >= 11 is 6.45. The summed E-state index contributed by atoms with van der Waals surface area (Å²) in [6.45, 7) is 0. The van der Waals surface area contributed by atoms with Crippen molar-refractivity contribution in [1.82, 2.24) is 10.9 Å². The number of rotatable bonds is 0. The molecule has 0 aromatic heterocycles. The fraction of sp³-hybridized carbons (Fsp3) is 0. The zero-order valence-corrected chi connectivity index (χ0v) is 6.65. The maximum absolute atomic E-state index is 9.44. The molecule has 6 N–H and O–H groups in total. The molecule has 11 heavy (non-hydrogen) atoms. The van der Waals surface area contributed by atoms with Gasteiger partial charge in [-0.05, 0) is 0 Å². The summed E-state index contributed by atoms with van der Waals surface area (Å²) in [6.07, 6.45) is 0. The number of hydrogen-bond donors (Lipinski definition) is 6. The van der Waals surface area contributed by atoms with Crippen LogP contribution in [0.4, 0.5) is 9.59 Å². The molecule has 0 aliphatic carbocycles. The topological polar surface area (TPSA) is 110 Å². The van der Waals surface area contributed by atoms with E-state index in [2.05, 4.69) is 36.9 Å². The number of nitrogens with two attached hydrogens (primary N) is 2. The number of hydrazine groups is 2. The normalized spacial score (nSPS) is 6.18. The predicted octanol–water partition coefficient (Wildman–Crippen LogP) is -1.65. The molecule has 0 aromatic carbocycles. The van der Waals surface area contributed by atoms with Crippen LogP contribution in [0.1, 0.15) is 0 Å². The van der Waals surface area contributed by atoms with Gasteiger partial charge in [0.05, 0.1) is 0 Å². The Morgan fingerprint density at radius 1 is 1.00 bits per heavy atom. The van der Waals surface area contributed by atoms with Crippen LogP contribution < -0.4 is 22.5 Å². The van der Waals surface area contributed by atoms with Crippen molar-refractivity contribution in [2.45, 2.75) is 0 Å². The van der Waals surface area contributed by atoms with Crippen molar-refractivity contribution in [3.8, 4) is 0 Å². The Labute approximate surface area is 117 Å². The van der Waals surface area contributed by atoms with Crippen molar-refractivity contribution in [2.24, 2.45) is 11.7 Å². The molecule has 62 valence electrons. The van der Waals surface area contributed by atoms with Gasteiger partial charge in [-0.2, -0.15) is 0 Å². The first-order valence-electron chi connectivity index (χ1n) is 1.93. The summed E-state index contributed by atoms with van der Waals surface area (Å²) in [5.74, 6) is 8.99. The number of hydrogen-bond acceptors (Lipinski definition) is 4. The summed E-state index contributed by atoms with van der Waals surface area (Å²) in [5, 5.41) is -1.05. The first-order valence-corrected chi connectivity index (χ1v) is 2.83. The quantitative estimate of drug-likeness (QED) is 0.0973. The summed E-state index contributed by atoms with van der Waals surface area (Å²) in [7, 11) is 0. The maximum atomic E-state index is 9.44. The summed E-state index contributed by atoms with van der Waals surface area (Å²) in [5.41, 5.74) is 3.51. The predicted molar refractivity (Wildman–Crippen MR) is 50.6 cm³/mol. The van der Waals surface area contributed by atoms with Gasteiger partial charge in [0.25, 0.3) is 10.5 Å². The van der Waals surface area contributed by atoms with Crippen molar-refractivity contribution < 1.29 is 9.59 Å². The molecule has 0 unspecified atom stereocenters. The van der Waals surface area contributed by atoms with Crippen LogP contribution in [0.5, 0.6) is 0 Å². The third-order valence-corrected chi connectivity index (χ3v) is 0.505. The van der Waals surface area contributed by atoms with E-state index in [9.17, 15) is 9.59 Å². The first kappa shape index (κ1) is 18.1. The van der Waals surface area contributed by atoms with Gasteiger partial charge >= 0.3 is 51.4 Å². The van der Waals surface area contributed by atoms with E-state index in [-0.39, 0.29) is 51.4 Å². The SMILES string of the molecule is NNC(=O)S.NNC(=O)S.[KH]. The zero-order valence-electron chi connectivity index (χ0n) is 4.87. The molecule has 0 atom stereocenters. The van der Waals surface area contributed by atoms with E-state index in [1.54, 1.807) is 10.9 Å². The van der Waals surface area contributed by atoms with E-state index in [1.807, 2.05) is 0 Å². The monoisotopic (exact) mass is 224 g/mol. The van der Waals surface area contributed by atoms with Gasteiger partial charge in [-0.25, -0.2) is 11.7 Å². The molecule has 0 bridgehead atoms. The van der Waals surface area contributed by atoms with Crippen molar-refractivity contribution >= 4 is 87.1 Å². The van der Waals surface area contributed by atoms with E-state index in [4.69, 9.17) is 0 Å². The van der Waals surface area contributed by atoms with Crippen LogP contribution in [0.15, 0.2) is 0 Å². The Kier molecular flexibility index (Phi) is 22.6. The van der Waals surface area contributed by atoms with Crippen LogP contribution in [-0.4, -0.2) is 61.9 Å². The minimum atomic E-state index is -0.523. The average Bonchev–Trinajstić information content (AvgIpc) is 1.89. The summed E-state index contributed by atoms with van der Waals surface area (Å²) in [6, 6.07) is 0. The van der Waals surface area contributed by atoms with Crippen LogP contribution in [0.25, 0.3) is 0 Å². The molecular formula is C2H9KN4O2S2. The van der Waals surface area contributed by atoms with Gasteiger partial charge in [-0.1, -0.05) is 25.3 Å². The van der Waals surface area contributed by atoms with E-state index in [0.717, 1.165) is 0 Å². The molecule has 0 aliphatic heterocycles. The second kappa shape index (κ2) is 13.8. The Balaban J connectivity index is -0.000000107. The van der Waals surface area contributed by atoms with Gasteiger partial charge in [0.1, 0.15) is 0 Å². The molecule has 0 heterocycles. The molecule has 0 rings (SSSR count). The molecular weight excluding hydrogens is 215 g/mol. The molecule has 9 heteroatoms. The molecule has 0 radical (unpaired) electrons. The number of amides is 2. The van der Waals surface area contributed by atoms with Gasteiger partial charge in [0.2, 0.25) is 0 Å². The van der Waals surface area contributed by atoms with Crippen LogP contribution in [-0.2, 0) is 0 Å². The first-order chi connectivity index (χ1) is 4.54. The fourth-order valence-electron chi connectivity index (χ4n) is 0. The molecule has 6 nitrogen and oxygen atoms in total. The minimum absolute atomic E-state index is 0. The van der Waals surface area contributed by atoms with Crippen molar-refractivity contribution in [3.63, 3.8) is 0 Å². The van der Waals surface area contributed by atoms with Crippen molar-refractivity contribution in [3.05, 3.63) is 0 Å². The van der Waals surface area contributed by atoms with Gasteiger partial charge in [0, 0.05) is 0 Å². The van der Waals surface area contributed by atoms with Crippen LogP contribution >= 0.6 is 25.3 Å². The summed E-state index contributed by atoms with van der Waals surface area (Å²) in [4.78, 5) is 18.9. The van der Waals surface area contributed by atoms with E-state index in [0.29, 0.717) is 0 Å². The van der Waals surface area contributed by atoms with Gasteiger partial charge in [-0.15, -0.1) is 0 Å². The second-order valence-corrected chi connectivity index (χ2v) is 1.71. The van der Waals surface area contributed by atoms with Crippen molar-refractivity contribution in [2.75, 3.05) is 0 Å². The van der Waals surface area contributed by atoms with Crippen LogP contribution in [0, 0.1) is 0 Å². The van der Waals surface area contributed by atoms with E-state index >= 15 is 0 Å². The van der Waals surface area contributed by atoms with E-state index < -0.39 is 10.5 Å². The van der Waals surface area contributed by atoms with Crippen LogP contribution in [0.3, 0.4) is 0 Å². The second-order valence-electron chi connectivity index (χ2n) is 0.899. The zero-order chi connectivity index (χ0) is 8.57. The van der Waals surface area contributed by atoms with Crippen molar-refractivity contribution in [1.29, 1.82) is 0 Å². The van der Waals surface area contributed by atoms with Gasteiger partial charge in [-0.3, -0.25) is 20.4 Å². The third kappa shape index (κ3) is 35.1. The molecule has 2 amide bonds. The van der Waals surface area contributed by atoms with Gasteiger partial charge < -0.3 is 0 Å². The Morgan fingerprint density at radius 3 is 1.09 bits per heavy atom. The standard InChI is InChI=1S/2CH4N2OS.K.H/c2*2-3-1(4)5;;/h2*2H2,(H2,3,4,5);;. The number of thiol groups is 2. The summed E-state index contributed by atoms with van der Waals surface area (Å²) < 4.78 is 0. The fourth-order valence-corrected chi connectivity index (χ4v) is 0. The number of carbonyl (C=O) groups excluding carboxylic acids is 2. The molecule has 0 saturated carbocycles. The molecule has 0 saturated heterocycles. The molecule has 0 spiro atoms.